The van der Waals surface area contributed by atoms with E-state index in [1.165, 1.54) is 0 Å². The van der Waals surface area contributed by atoms with Crippen LogP contribution >= 0.6 is 0 Å². The van der Waals surface area contributed by atoms with Crippen molar-refractivity contribution in [3.8, 4) is 5.82 Å². The lowest BCUT2D eigenvalue weighted by Crippen LogP contribution is -2.40. The summed E-state index contributed by atoms with van der Waals surface area (Å²) in [5.74, 6) is 1.64. The van der Waals surface area contributed by atoms with Gasteiger partial charge in [0.2, 0.25) is 0 Å². The van der Waals surface area contributed by atoms with E-state index in [-0.39, 0.29) is 5.91 Å². The number of aromatic nitrogens is 3. The van der Waals surface area contributed by atoms with Crippen LogP contribution in [-0.2, 0) is 7.05 Å². The number of carbonyl (C=O) groups is 1. The zero-order valence-electron chi connectivity index (χ0n) is 16.0. The van der Waals surface area contributed by atoms with E-state index < -0.39 is 0 Å². The van der Waals surface area contributed by atoms with Gasteiger partial charge in [0.05, 0.1) is 6.20 Å². The highest BCUT2D eigenvalue weighted by molar-refractivity contribution is 5.97. The summed E-state index contributed by atoms with van der Waals surface area (Å²) in [5, 5.41) is 4.37. The van der Waals surface area contributed by atoms with Crippen LogP contribution in [-0.4, -0.2) is 63.8 Å². The van der Waals surface area contributed by atoms with Crippen molar-refractivity contribution in [1.82, 2.24) is 24.1 Å². The maximum atomic E-state index is 13.1. The van der Waals surface area contributed by atoms with Crippen LogP contribution in [0, 0.1) is 19.8 Å². The van der Waals surface area contributed by atoms with Gasteiger partial charge in [0.1, 0.15) is 11.4 Å². The van der Waals surface area contributed by atoms with E-state index >= 15 is 0 Å². The Morgan fingerprint density at radius 2 is 1.80 bits per heavy atom. The minimum atomic E-state index is 0.0962. The third kappa shape index (κ3) is 3.49. The van der Waals surface area contributed by atoms with Crippen molar-refractivity contribution < 1.29 is 4.79 Å². The van der Waals surface area contributed by atoms with Gasteiger partial charge in [0.15, 0.2) is 0 Å². The first-order chi connectivity index (χ1) is 11.9. The molecule has 136 valence electrons. The molecular weight excluding hydrogens is 314 g/mol. The molecule has 0 bridgehead atoms. The van der Waals surface area contributed by atoms with Crippen molar-refractivity contribution in [3.63, 3.8) is 0 Å². The molecule has 1 fully saturated rings. The van der Waals surface area contributed by atoms with Gasteiger partial charge in [-0.05, 0) is 58.8 Å². The number of amides is 1. The van der Waals surface area contributed by atoms with E-state index in [0.717, 1.165) is 49.7 Å². The largest absolute Gasteiger partial charge is 0.338 e. The molecule has 0 aromatic carbocycles. The van der Waals surface area contributed by atoms with E-state index in [1.54, 1.807) is 10.9 Å². The molecular formula is C19H29N5O. The topological polar surface area (TPSA) is 46.3 Å². The average Bonchev–Trinajstić information content (AvgIpc) is 3.09. The van der Waals surface area contributed by atoms with Crippen LogP contribution in [0.4, 0.5) is 0 Å². The molecule has 1 aliphatic rings. The second kappa shape index (κ2) is 7.04. The van der Waals surface area contributed by atoms with Gasteiger partial charge in [-0.15, -0.1) is 0 Å². The van der Waals surface area contributed by atoms with Crippen molar-refractivity contribution in [2.75, 3.05) is 33.7 Å². The van der Waals surface area contributed by atoms with E-state index in [4.69, 9.17) is 0 Å². The summed E-state index contributed by atoms with van der Waals surface area (Å²) in [7, 11) is 6.12. The van der Waals surface area contributed by atoms with Gasteiger partial charge in [-0.2, -0.15) is 5.10 Å². The number of aryl methyl sites for hydroxylation is 3. The fourth-order valence-electron chi connectivity index (χ4n) is 3.86. The molecule has 6 nitrogen and oxygen atoms in total. The van der Waals surface area contributed by atoms with Crippen LogP contribution < -0.4 is 0 Å². The summed E-state index contributed by atoms with van der Waals surface area (Å²) < 4.78 is 3.91. The molecule has 2 aromatic rings. The third-order valence-corrected chi connectivity index (χ3v) is 5.15. The van der Waals surface area contributed by atoms with Crippen molar-refractivity contribution in [2.45, 2.75) is 26.7 Å². The molecule has 0 radical (unpaired) electrons. The lowest BCUT2D eigenvalue weighted by Gasteiger charge is -2.33. The molecule has 3 rings (SSSR count). The summed E-state index contributed by atoms with van der Waals surface area (Å²) in [6.07, 6.45) is 3.85. The van der Waals surface area contributed by atoms with Gasteiger partial charge in [0, 0.05) is 38.1 Å². The quantitative estimate of drug-likeness (QED) is 0.855. The minimum Gasteiger partial charge on any atom is -0.338 e. The van der Waals surface area contributed by atoms with Gasteiger partial charge in [-0.3, -0.25) is 9.48 Å². The molecule has 1 amide bonds. The maximum absolute atomic E-state index is 13.1. The predicted molar refractivity (Wildman–Crippen MR) is 99.2 cm³/mol. The molecule has 0 aliphatic carbocycles. The fourth-order valence-corrected chi connectivity index (χ4v) is 3.86. The zero-order valence-corrected chi connectivity index (χ0v) is 16.0. The molecule has 0 unspecified atom stereocenters. The monoisotopic (exact) mass is 343 g/mol. The molecule has 1 saturated heterocycles. The Balaban J connectivity index is 1.81. The number of hydrogen-bond donors (Lipinski definition) is 0. The Bertz CT molecular complexity index is 730. The summed E-state index contributed by atoms with van der Waals surface area (Å²) in [6.45, 7) is 6.87. The van der Waals surface area contributed by atoms with Crippen LogP contribution in [0.25, 0.3) is 5.82 Å². The first kappa shape index (κ1) is 17.7. The molecule has 1 aliphatic heterocycles. The number of nitrogens with zero attached hydrogens (tertiary/aromatic N) is 5. The molecule has 25 heavy (non-hydrogen) atoms. The molecule has 0 atom stereocenters. The number of rotatable bonds is 4. The molecule has 0 saturated carbocycles. The van der Waals surface area contributed by atoms with Crippen molar-refractivity contribution >= 4 is 5.91 Å². The molecule has 2 aromatic heterocycles. The number of carbonyl (C=O) groups excluding carboxylic acids is 1. The number of hydrogen-bond acceptors (Lipinski definition) is 3. The van der Waals surface area contributed by atoms with Crippen LogP contribution in [0.15, 0.2) is 18.3 Å². The molecule has 0 spiro atoms. The molecule has 0 N–H and O–H groups in total. The Morgan fingerprint density at radius 1 is 1.20 bits per heavy atom. The predicted octanol–water partition coefficient (Wildman–Crippen LogP) is 2.24. The van der Waals surface area contributed by atoms with E-state index in [9.17, 15) is 4.79 Å². The second-order valence-electron chi connectivity index (χ2n) is 7.45. The van der Waals surface area contributed by atoms with Gasteiger partial charge < -0.3 is 14.4 Å². The normalized spacial score (nSPS) is 16.0. The van der Waals surface area contributed by atoms with Gasteiger partial charge in [0.25, 0.3) is 5.91 Å². The lowest BCUT2D eigenvalue weighted by atomic mass is 9.96. The third-order valence-electron chi connectivity index (χ3n) is 5.15. The summed E-state index contributed by atoms with van der Waals surface area (Å²) in [4.78, 5) is 17.4. The second-order valence-corrected chi connectivity index (χ2v) is 7.45. The lowest BCUT2D eigenvalue weighted by molar-refractivity contribution is 0.0678. The minimum absolute atomic E-state index is 0.0962. The first-order valence-corrected chi connectivity index (χ1v) is 8.99. The van der Waals surface area contributed by atoms with Crippen LogP contribution in [0.1, 0.15) is 34.6 Å². The van der Waals surface area contributed by atoms with E-state index in [0.29, 0.717) is 11.5 Å². The summed E-state index contributed by atoms with van der Waals surface area (Å²) in [5.41, 5.74) is 2.91. The highest BCUT2D eigenvalue weighted by Crippen LogP contribution is 2.24. The van der Waals surface area contributed by atoms with Crippen LogP contribution in [0.2, 0.25) is 0 Å². The summed E-state index contributed by atoms with van der Waals surface area (Å²) >= 11 is 0. The molecule has 6 heteroatoms. The SMILES string of the molecule is Cc1ccc(C)n1-c1c(C(=O)N2CCC(CN(C)C)CC2)cnn1C. The van der Waals surface area contributed by atoms with Gasteiger partial charge in [-0.1, -0.05) is 0 Å². The van der Waals surface area contributed by atoms with E-state index in [2.05, 4.69) is 54.6 Å². The fraction of sp³-hybridized carbons (Fsp3) is 0.579. The van der Waals surface area contributed by atoms with Crippen molar-refractivity contribution in [2.24, 2.45) is 13.0 Å². The standard InChI is InChI=1S/C19H29N5O/c1-14-6-7-15(2)24(14)18-17(12-20-22(18)5)19(25)23-10-8-16(9-11-23)13-21(3)4/h6-7,12,16H,8-11,13H2,1-5H3. The Hall–Kier alpha value is -2.08. The van der Waals surface area contributed by atoms with Crippen LogP contribution in [0.5, 0.6) is 0 Å². The first-order valence-electron chi connectivity index (χ1n) is 8.99. The van der Waals surface area contributed by atoms with Gasteiger partial charge in [-0.25, -0.2) is 0 Å². The summed E-state index contributed by atoms with van der Waals surface area (Å²) in [6, 6.07) is 4.15. The number of piperidine rings is 1. The highest BCUT2D eigenvalue weighted by atomic mass is 16.2. The highest BCUT2D eigenvalue weighted by Gasteiger charge is 2.28. The van der Waals surface area contributed by atoms with Gasteiger partial charge >= 0.3 is 0 Å². The number of likely N-dealkylation sites (tertiary alicyclic amines) is 1. The Labute approximate surface area is 150 Å². The van der Waals surface area contributed by atoms with Crippen molar-refractivity contribution in [1.29, 1.82) is 0 Å². The van der Waals surface area contributed by atoms with Crippen LogP contribution in [0.3, 0.4) is 0 Å². The van der Waals surface area contributed by atoms with Crippen molar-refractivity contribution in [3.05, 3.63) is 35.3 Å². The average molecular weight is 343 g/mol. The van der Waals surface area contributed by atoms with E-state index in [1.807, 2.05) is 11.9 Å². The Morgan fingerprint density at radius 3 is 2.36 bits per heavy atom. The Kier molecular flexibility index (Phi) is 4.99. The smallest absolute Gasteiger partial charge is 0.259 e. The zero-order chi connectivity index (χ0) is 18.1. The molecule has 3 heterocycles. The maximum Gasteiger partial charge on any atom is 0.259 e.